The Balaban J connectivity index is 1.93. The number of pyridine rings is 1. The van der Waals surface area contributed by atoms with Crippen LogP contribution in [0.1, 0.15) is 18.1 Å². The van der Waals surface area contributed by atoms with Crippen molar-refractivity contribution in [3.05, 3.63) is 66.0 Å². The van der Waals surface area contributed by atoms with Crippen molar-refractivity contribution in [2.45, 2.75) is 13.5 Å². The Hall–Kier alpha value is -2.95. The minimum absolute atomic E-state index is 0.0992. The zero-order valence-electron chi connectivity index (χ0n) is 13.1. The Morgan fingerprint density at radius 1 is 1.22 bits per heavy atom. The van der Waals surface area contributed by atoms with Crippen molar-refractivity contribution < 1.29 is 14.3 Å². The number of aromatic nitrogens is 1. The summed E-state index contributed by atoms with van der Waals surface area (Å²) in [4.78, 5) is 28.6. The summed E-state index contributed by atoms with van der Waals surface area (Å²) in [6, 6.07) is 10.7. The number of amides is 1. The van der Waals surface area contributed by atoms with E-state index in [0.717, 1.165) is 11.1 Å². The number of ether oxygens (including phenoxy) is 1. The standard InChI is InChI=1S/C18H18N2O3/c1-14(21)23-17-8-5-15(6-9-17)7-10-18(22)20(2)13-16-4-3-11-19-12-16/h3-12H,13H2,1-2H3. The van der Waals surface area contributed by atoms with E-state index in [1.165, 1.54) is 13.0 Å². The molecule has 0 N–H and O–H groups in total. The lowest BCUT2D eigenvalue weighted by Crippen LogP contribution is -2.24. The van der Waals surface area contributed by atoms with Crippen LogP contribution in [0.5, 0.6) is 5.75 Å². The van der Waals surface area contributed by atoms with Crippen molar-refractivity contribution >= 4 is 18.0 Å². The molecule has 23 heavy (non-hydrogen) atoms. The number of carbonyl (C=O) groups excluding carboxylic acids is 2. The molecule has 2 rings (SSSR count). The number of carbonyl (C=O) groups is 2. The van der Waals surface area contributed by atoms with E-state index in [4.69, 9.17) is 4.74 Å². The second-order valence-corrected chi connectivity index (χ2v) is 5.05. The van der Waals surface area contributed by atoms with Gasteiger partial charge in [-0.2, -0.15) is 0 Å². The number of esters is 1. The third-order valence-electron chi connectivity index (χ3n) is 3.08. The van der Waals surface area contributed by atoms with Gasteiger partial charge < -0.3 is 9.64 Å². The first-order valence-corrected chi connectivity index (χ1v) is 7.15. The Kier molecular flexibility index (Phi) is 5.63. The van der Waals surface area contributed by atoms with Crippen LogP contribution in [0.4, 0.5) is 0 Å². The highest BCUT2D eigenvalue weighted by Gasteiger charge is 2.05. The van der Waals surface area contributed by atoms with Crippen molar-refractivity contribution in [1.82, 2.24) is 9.88 Å². The fourth-order valence-electron chi connectivity index (χ4n) is 1.95. The topological polar surface area (TPSA) is 59.5 Å². The average molecular weight is 310 g/mol. The number of hydrogen-bond acceptors (Lipinski definition) is 4. The summed E-state index contributed by atoms with van der Waals surface area (Å²) in [5.74, 6) is 0.0214. The van der Waals surface area contributed by atoms with Crippen molar-refractivity contribution in [3.63, 3.8) is 0 Å². The normalized spacial score (nSPS) is 10.5. The van der Waals surface area contributed by atoms with Crippen LogP contribution >= 0.6 is 0 Å². The highest BCUT2D eigenvalue weighted by molar-refractivity contribution is 5.91. The fraction of sp³-hybridized carbons (Fsp3) is 0.167. The summed E-state index contributed by atoms with van der Waals surface area (Å²) in [5, 5.41) is 0. The van der Waals surface area contributed by atoms with Gasteiger partial charge in [-0.05, 0) is 35.4 Å². The number of likely N-dealkylation sites (N-methyl/N-ethyl adjacent to an activating group) is 1. The van der Waals surface area contributed by atoms with Crippen molar-refractivity contribution in [3.8, 4) is 5.75 Å². The maximum Gasteiger partial charge on any atom is 0.308 e. The van der Waals surface area contributed by atoms with Crippen LogP contribution in [0, 0.1) is 0 Å². The lowest BCUT2D eigenvalue weighted by Gasteiger charge is -2.14. The molecule has 1 aromatic carbocycles. The van der Waals surface area contributed by atoms with E-state index in [2.05, 4.69) is 4.98 Å². The van der Waals surface area contributed by atoms with Crippen LogP contribution in [0.2, 0.25) is 0 Å². The van der Waals surface area contributed by atoms with Gasteiger partial charge in [-0.25, -0.2) is 0 Å². The lowest BCUT2D eigenvalue weighted by atomic mass is 10.2. The molecule has 1 heterocycles. The van der Waals surface area contributed by atoms with E-state index in [1.54, 1.807) is 54.7 Å². The van der Waals surface area contributed by atoms with Gasteiger partial charge >= 0.3 is 5.97 Å². The maximum atomic E-state index is 12.1. The molecule has 0 aliphatic rings. The summed E-state index contributed by atoms with van der Waals surface area (Å²) in [7, 11) is 1.74. The molecule has 0 aliphatic heterocycles. The summed E-state index contributed by atoms with van der Waals surface area (Å²) < 4.78 is 4.96. The van der Waals surface area contributed by atoms with Gasteiger partial charge in [-0.15, -0.1) is 0 Å². The van der Waals surface area contributed by atoms with Crippen molar-refractivity contribution in [2.24, 2.45) is 0 Å². The van der Waals surface area contributed by atoms with Gasteiger partial charge in [0.25, 0.3) is 0 Å². The van der Waals surface area contributed by atoms with Gasteiger partial charge in [0.2, 0.25) is 5.91 Å². The molecule has 0 atom stereocenters. The zero-order valence-corrected chi connectivity index (χ0v) is 13.1. The Bertz CT molecular complexity index is 694. The first kappa shape index (κ1) is 16.4. The highest BCUT2D eigenvalue weighted by atomic mass is 16.5. The first-order valence-electron chi connectivity index (χ1n) is 7.15. The largest absolute Gasteiger partial charge is 0.427 e. The minimum Gasteiger partial charge on any atom is -0.427 e. The van der Waals surface area contributed by atoms with E-state index in [-0.39, 0.29) is 11.9 Å². The molecule has 0 unspecified atom stereocenters. The van der Waals surface area contributed by atoms with Crippen LogP contribution < -0.4 is 4.74 Å². The molecule has 0 saturated carbocycles. The number of rotatable bonds is 5. The molecule has 5 heteroatoms. The lowest BCUT2D eigenvalue weighted by molar-refractivity contribution is -0.132. The van der Waals surface area contributed by atoms with E-state index in [9.17, 15) is 9.59 Å². The van der Waals surface area contributed by atoms with E-state index in [1.807, 2.05) is 12.1 Å². The van der Waals surface area contributed by atoms with Gasteiger partial charge in [-0.3, -0.25) is 14.6 Å². The van der Waals surface area contributed by atoms with Gasteiger partial charge in [-0.1, -0.05) is 18.2 Å². The maximum absolute atomic E-state index is 12.1. The molecule has 0 bridgehead atoms. The SMILES string of the molecule is CC(=O)Oc1ccc(C=CC(=O)N(C)Cc2cccnc2)cc1. The van der Waals surface area contributed by atoms with Crippen LogP contribution in [0.3, 0.4) is 0 Å². The number of nitrogens with zero attached hydrogens (tertiary/aromatic N) is 2. The molecule has 0 radical (unpaired) electrons. The predicted octanol–water partition coefficient (Wildman–Crippen LogP) is 2.68. The molecule has 118 valence electrons. The molecular formula is C18H18N2O3. The molecule has 2 aromatic rings. The smallest absolute Gasteiger partial charge is 0.308 e. The molecular weight excluding hydrogens is 292 g/mol. The van der Waals surface area contributed by atoms with Gasteiger partial charge in [0.15, 0.2) is 0 Å². The second kappa shape index (κ2) is 7.89. The van der Waals surface area contributed by atoms with Gasteiger partial charge in [0, 0.05) is 39.0 Å². The van der Waals surface area contributed by atoms with Crippen LogP contribution in [0.25, 0.3) is 6.08 Å². The van der Waals surface area contributed by atoms with E-state index >= 15 is 0 Å². The minimum atomic E-state index is -0.361. The fourth-order valence-corrected chi connectivity index (χ4v) is 1.95. The molecule has 5 nitrogen and oxygen atoms in total. The van der Waals surface area contributed by atoms with E-state index < -0.39 is 0 Å². The Labute approximate surface area is 135 Å². The zero-order chi connectivity index (χ0) is 16.7. The Morgan fingerprint density at radius 3 is 2.57 bits per heavy atom. The summed E-state index contributed by atoms with van der Waals surface area (Å²) in [6.45, 7) is 1.85. The first-order chi connectivity index (χ1) is 11.0. The summed E-state index contributed by atoms with van der Waals surface area (Å²) >= 11 is 0. The van der Waals surface area contributed by atoms with Crippen molar-refractivity contribution in [1.29, 1.82) is 0 Å². The number of hydrogen-bond donors (Lipinski definition) is 0. The summed E-state index contributed by atoms with van der Waals surface area (Å²) in [5.41, 5.74) is 1.83. The molecule has 1 amide bonds. The van der Waals surface area contributed by atoms with Gasteiger partial charge in [0.1, 0.15) is 5.75 Å². The third kappa shape index (κ3) is 5.39. The monoisotopic (exact) mass is 310 g/mol. The predicted molar refractivity (Wildman–Crippen MR) is 87.5 cm³/mol. The third-order valence-corrected chi connectivity index (χ3v) is 3.08. The quantitative estimate of drug-likeness (QED) is 0.484. The molecule has 0 saturated heterocycles. The van der Waals surface area contributed by atoms with Crippen LogP contribution in [0.15, 0.2) is 54.9 Å². The second-order valence-electron chi connectivity index (χ2n) is 5.05. The highest BCUT2D eigenvalue weighted by Crippen LogP contribution is 2.13. The molecule has 0 aliphatic carbocycles. The van der Waals surface area contributed by atoms with Crippen LogP contribution in [-0.2, 0) is 16.1 Å². The average Bonchev–Trinajstić information content (AvgIpc) is 2.54. The van der Waals surface area contributed by atoms with Crippen molar-refractivity contribution in [2.75, 3.05) is 7.05 Å². The molecule has 1 aromatic heterocycles. The molecule has 0 spiro atoms. The van der Waals surface area contributed by atoms with Crippen LogP contribution in [-0.4, -0.2) is 28.8 Å². The Morgan fingerprint density at radius 2 is 1.96 bits per heavy atom. The van der Waals surface area contributed by atoms with Gasteiger partial charge in [0.05, 0.1) is 0 Å². The summed E-state index contributed by atoms with van der Waals surface area (Å²) in [6.07, 6.45) is 6.67. The molecule has 0 fully saturated rings. The number of benzene rings is 1. The van der Waals surface area contributed by atoms with E-state index in [0.29, 0.717) is 12.3 Å².